The molecule has 0 radical (unpaired) electrons. The van der Waals surface area contributed by atoms with Gasteiger partial charge in [-0.3, -0.25) is 4.98 Å². The van der Waals surface area contributed by atoms with Crippen LogP contribution in [-0.2, 0) is 19.4 Å². The van der Waals surface area contributed by atoms with Gasteiger partial charge in [-0.2, -0.15) is 0 Å². The SMILES string of the molecule is CCc1ccc[n+](CC)c1CC.c1ccncc1. The maximum Gasteiger partial charge on any atom is 0.184 e. The van der Waals surface area contributed by atoms with Crippen molar-refractivity contribution in [3.63, 3.8) is 0 Å². The molecule has 0 aliphatic carbocycles. The number of aromatic nitrogens is 2. The molecule has 2 aromatic heterocycles. The summed E-state index contributed by atoms with van der Waals surface area (Å²) >= 11 is 0. The summed E-state index contributed by atoms with van der Waals surface area (Å²) in [5, 5.41) is 0. The molecule has 2 heteroatoms. The first-order valence-corrected chi connectivity index (χ1v) is 6.68. The Morgan fingerprint density at radius 1 is 0.944 bits per heavy atom. The van der Waals surface area contributed by atoms with Gasteiger partial charge < -0.3 is 0 Å². The van der Waals surface area contributed by atoms with Gasteiger partial charge in [-0.1, -0.05) is 19.9 Å². The molecule has 0 bridgehead atoms. The molecule has 0 aromatic carbocycles. The van der Waals surface area contributed by atoms with E-state index in [-0.39, 0.29) is 0 Å². The smallest absolute Gasteiger partial charge is 0.184 e. The highest BCUT2D eigenvalue weighted by Crippen LogP contribution is 2.04. The van der Waals surface area contributed by atoms with Gasteiger partial charge in [0.1, 0.15) is 6.54 Å². The van der Waals surface area contributed by atoms with Crippen LogP contribution in [0, 0.1) is 0 Å². The standard InChI is InChI=1S/C11H18N.C5H5N/c1-4-10-8-7-9-12(6-3)11(10)5-2;1-2-4-6-5-3-1/h7-9H,4-6H2,1-3H3;1-5H/q+1;. The molecular weight excluding hydrogens is 220 g/mol. The second-order valence-corrected chi connectivity index (χ2v) is 4.00. The Bertz CT molecular complexity index is 389. The molecule has 2 nitrogen and oxygen atoms in total. The van der Waals surface area contributed by atoms with Crippen molar-refractivity contribution in [1.82, 2.24) is 4.98 Å². The van der Waals surface area contributed by atoms with Gasteiger partial charge in [0.15, 0.2) is 11.9 Å². The summed E-state index contributed by atoms with van der Waals surface area (Å²) < 4.78 is 2.33. The van der Waals surface area contributed by atoms with E-state index in [9.17, 15) is 0 Å². The third-order valence-corrected chi connectivity index (χ3v) is 2.90. The molecule has 2 heterocycles. The van der Waals surface area contributed by atoms with Crippen molar-refractivity contribution in [3.8, 4) is 0 Å². The van der Waals surface area contributed by atoms with Crippen LogP contribution in [0.25, 0.3) is 0 Å². The molecule has 0 N–H and O–H groups in total. The van der Waals surface area contributed by atoms with Gasteiger partial charge in [0.05, 0.1) is 0 Å². The Hall–Kier alpha value is -1.70. The molecule has 0 spiro atoms. The highest BCUT2D eigenvalue weighted by Gasteiger charge is 2.09. The van der Waals surface area contributed by atoms with Crippen LogP contribution in [0.15, 0.2) is 48.9 Å². The van der Waals surface area contributed by atoms with E-state index in [0.29, 0.717) is 0 Å². The third-order valence-electron chi connectivity index (χ3n) is 2.90. The van der Waals surface area contributed by atoms with Gasteiger partial charge in [0.2, 0.25) is 0 Å². The molecule has 2 aromatic rings. The summed E-state index contributed by atoms with van der Waals surface area (Å²) in [5.74, 6) is 0. The fraction of sp³-hybridized carbons (Fsp3) is 0.375. The highest BCUT2D eigenvalue weighted by molar-refractivity contribution is 5.15. The fourth-order valence-electron chi connectivity index (χ4n) is 1.99. The van der Waals surface area contributed by atoms with E-state index in [4.69, 9.17) is 0 Å². The number of nitrogens with zero attached hydrogens (tertiary/aromatic N) is 2. The molecule has 0 amide bonds. The van der Waals surface area contributed by atoms with Gasteiger partial charge in [0, 0.05) is 30.4 Å². The van der Waals surface area contributed by atoms with Gasteiger partial charge >= 0.3 is 0 Å². The van der Waals surface area contributed by atoms with E-state index < -0.39 is 0 Å². The largest absolute Gasteiger partial charge is 0.265 e. The number of rotatable bonds is 3. The first-order valence-electron chi connectivity index (χ1n) is 6.68. The summed E-state index contributed by atoms with van der Waals surface area (Å²) in [6.07, 6.45) is 7.94. The van der Waals surface area contributed by atoms with E-state index in [1.54, 1.807) is 12.4 Å². The third kappa shape index (κ3) is 4.28. The highest BCUT2D eigenvalue weighted by atomic mass is 14.9. The summed E-state index contributed by atoms with van der Waals surface area (Å²) in [5.41, 5.74) is 2.98. The Morgan fingerprint density at radius 2 is 1.67 bits per heavy atom. The zero-order valence-electron chi connectivity index (χ0n) is 11.6. The zero-order chi connectivity index (χ0) is 13.2. The first kappa shape index (κ1) is 14.4. The van der Waals surface area contributed by atoms with Crippen LogP contribution >= 0.6 is 0 Å². The minimum atomic E-state index is 1.08. The van der Waals surface area contributed by atoms with Crippen LogP contribution in [0.5, 0.6) is 0 Å². The average molecular weight is 243 g/mol. The predicted octanol–water partition coefficient (Wildman–Crippen LogP) is 3.20. The maximum absolute atomic E-state index is 3.78. The Balaban J connectivity index is 0.000000225. The van der Waals surface area contributed by atoms with E-state index in [0.717, 1.165) is 19.4 Å². The van der Waals surface area contributed by atoms with Crippen molar-refractivity contribution in [3.05, 3.63) is 60.2 Å². The summed E-state index contributed by atoms with van der Waals surface area (Å²) in [4.78, 5) is 3.78. The van der Waals surface area contributed by atoms with Crippen LogP contribution in [-0.4, -0.2) is 4.98 Å². The van der Waals surface area contributed by atoms with Crippen molar-refractivity contribution in [2.24, 2.45) is 0 Å². The number of pyridine rings is 2. The molecule has 96 valence electrons. The zero-order valence-corrected chi connectivity index (χ0v) is 11.6. The molecule has 0 saturated heterocycles. The van der Waals surface area contributed by atoms with Crippen molar-refractivity contribution < 1.29 is 4.57 Å². The molecule has 0 saturated carbocycles. The molecule has 0 aliphatic heterocycles. The molecule has 18 heavy (non-hydrogen) atoms. The van der Waals surface area contributed by atoms with Crippen molar-refractivity contribution in [1.29, 1.82) is 0 Å². The fourth-order valence-corrected chi connectivity index (χ4v) is 1.99. The second-order valence-electron chi connectivity index (χ2n) is 4.00. The Labute approximate surface area is 110 Å². The maximum atomic E-state index is 3.78. The Kier molecular flexibility index (Phi) is 6.70. The van der Waals surface area contributed by atoms with Crippen molar-refractivity contribution in [2.75, 3.05) is 0 Å². The number of hydrogen-bond donors (Lipinski definition) is 0. The van der Waals surface area contributed by atoms with Crippen LogP contribution in [0.4, 0.5) is 0 Å². The van der Waals surface area contributed by atoms with Crippen LogP contribution in [0.2, 0.25) is 0 Å². The minimum absolute atomic E-state index is 1.08. The van der Waals surface area contributed by atoms with Crippen molar-refractivity contribution in [2.45, 2.75) is 40.2 Å². The van der Waals surface area contributed by atoms with Gasteiger partial charge in [-0.05, 0) is 31.5 Å². The lowest BCUT2D eigenvalue weighted by Gasteiger charge is -2.03. The quantitative estimate of drug-likeness (QED) is 0.756. The lowest BCUT2D eigenvalue weighted by molar-refractivity contribution is -0.701. The van der Waals surface area contributed by atoms with Gasteiger partial charge in [-0.15, -0.1) is 0 Å². The summed E-state index contributed by atoms with van der Waals surface area (Å²) in [7, 11) is 0. The Morgan fingerprint density at radius 3 is 2.06 bits per heavy atom. The predicted molar refractivity (Wildman–Crippen MR) is 75.3 cm³/mol. The topological polar surface area (TPSA) is 16.8 Å². The normalized spacial score (nSPS) is 9.50. The van der Waals surface area contributed by atoms with Crippen LogP contribution in [0.1, 0.15) is 32.0 Å². The molecule has 0 unspecified atom stereocenters. The van der Waals surface area contributed by atoms with Crippen LogP contribution in [0.3, 0.4) is 0 Å². The number of aryl methyl sites for hydroxylation is 2. The average Bonchev–Trinajstić information content (AvgIpc) is 2.48. The van der Waals surface area contributed by atoms with E-state index >= 15 is 0 Å². The monoisotopic (exact) mass is 243 g/mol. The molecule has 0 aliphatic rings. The molecule has 0 atom stereocenters. The lowest BCUT2D eigenvalue weighted by Crippen LogP contribution is -2.37. The number of hydrogen-bond acceptors (Lipinski definition) is 1. The van der Waals surface area contributed by atoms with Gasteiger partial charge in [0.25, 0.3) is 0 Å². The molecule has 0 fully saturated rings. The van der Waals surface area contributed by atoms with E-state index in [1.165, 1.54) is 11.3 Å². The van der Waals surface area contributed by atoms with E-state index in [2.05, 4.69) is 48.7 Å². The lowest BCUT2D eigenvalue weighted by atomic mass is 10.1. The summed E-state index contributed by atoms with van der Waals surface area (Å²) in [6, 6.07) is 10.1. The van der Waals surface area contributed by atoms with E-state index in [1.807, 2.05) is 18.2 Å². The first-order chi connectivity index (χ1) is 8.83. The molecular formula is C16H23N2+. The van der Waals surface area contributed by atoms with Gasteiger partial charge in [-0.25, -0.2) is 4.57 Å². The van der Waals surface area contributed by atoms with Crippen molar-refractivity contribution >= 4 is 0 Å². The van der Waals surface area contributed by atoms with Crippen LogP contribution < -0.4 is 4.57 Å². The minimum Gasteiger partial charge on any atom is -0.265 e. The summed E-state index contributed by atoms with van der Waals surface area (Å²) in [6.45, 7) is 7.71. The second kappa shape index (κ2) is 8.40. The molecule has 2 rings (SSSR count).